The molecule has 0 radical (unpaired) electrons. The summed E-state index contributed by atoms with van der Waals surface area (Å²) in [5.41, 5.74) is 1.68. The second-order valence-electron chi connectivity index (χ2n) is 5.68. The number of aryl methyl sites for hydroxylation is 1. The molecule has 0 bridgehead atoms. The number of nitrogens with one attached hydrogen (secondary N) is 2. The Morgan fingerprint density at radius 1 is 1.41 bits per heavy atom. The fraction of sp³-hybridized carbons (Fsp3) is 0.438. The lowest BCUT2D eigenvalue weighted by Gasteiger charge is -2.23. The predicted octanol–water partition coefficient (Wildman–Crippen LogP) is 0.676. The summed E-state index contributed by atoms with van der Waals surface area (Å²) in [6.45, 7) is 1.80. The highest BCUT2D eigenvalue weighted by atomic mass is 16.2. The molecule has 22 heavy (non-hydrogen) atoms. The van der Waals surface area contributed by atoms with Gasteiger partial charge < -0.3 is 15.2 Å². The average Bonchev–Trinajstić information content (AvgIpc) is 3.06. The maximum atomic E-state index is 12.2. The summed E-state index contributed by atoms with van der Waals surface area (Å²) in [5, 5.41) is 3.25. The maximum absolute atomic E-state index is 12.2. The van der Waals surface area contributed by atoms with Gasteiger partial charge in [0, 0.05) is 32.5 Å². The van der Waals surface area contributed by atoms with Crippen LogP contribution in [-0.4, -0.2) is 47.0 Å². The molecular formula is C16H20N4O2. The van der Waals surface area contributed by atoms with Crippen molar-refractivity contribution in [2.75, 3.05) is 20.1 Å². The van der Waals surface area contributed by atoms with Gasteiger partial charge in [-0.3, -0.25) is 9.59 Å². The number of para-hydroxylation sites is 2. The quantitative estimate of drug-likeness (QED) is 0.870. The van der Waals surface area contributed by atoms with Crippen molar-refractivity contribution in [1.82, 2.24) is 20.2 Å². The average molecular weight is 300 g/mol. The van der Waals surface area contributed by atoms with Crippen LogP contribution in [0.3, 0.4) is 0 Å². The number of amides is 1. The van der Waals surface area contributed by atoms with Crippen molar-refractivity contribution in [3.8, 4) is 0 Å². The largest absolute Gasteiger partial charge is 0.341 e. The van der Waals surface area contributed by atoms with E-state index in [1.165, 1.54) is 0 Å². The molecule has 1 amide bonds. The van der Waals surface area contributed by atoms with Gasteiger partial charge in [-0.1, -0.05) is 12.1 Å². The molecule has 6 nitrogen and oxygen atoms in total. The van der Waals surface area contributed by atoms with Crippen molar-refractivity contribution in [2.45, 2.75) is 25.3 Å². The number of hydrogen-bond donors (Lipinski definition) is 2. The number of aromatic amines is 1. The fourth-order valence-corrected chi connectivity index (χ4v) is 2.81. The molecule has 1 aliphatic heterocycles. The Labute approximate surface area is 128 Å². The van der Waals surface area contributed by atoms with Gasteiger partial charge >= 0.3 is 0 Å². The van der Waals surface area contributed by atoms with Crippen LogP contribution in [0.15, 0.2) is 29.1 Å². The van der Waals surface area contributed by atoms with E-state index in [0.717, 1.165) is 30.5 Å². The molecule has 1 aliphatic rings. The van der Waals surface area contributed by atoms with E-state index in [2.05, 4.69) is 15.3 Å². The minimum Gasteiger partial charge on any atom is -0.341 e. The minimum atomic E-state index is -0.211. The minimum absolute atomic E-state index is 0.0584. The molecule has 0 aliphatic carbocycles. The molecule has 0 spiro atoms. The van der Waals surface area contributed by atoms with E-state index in [9.17, 15) is 9.59 Å². The lowest BCUT2D eigenvalue weighted by atomic mass is 10.1. The summed E-state index contributed by atoms with van der Waals surface area (Å²) in [6.07, 6.45) is 1.65. The van der Waals surface area contributed by atoms with Crippen LogP contribution >= 0.6 is 0 Å². The number of benzene rings is 1. The van der Waals surface area contributed by atoms with Crippen molar-refractivity contribution >= 4 is 16.9 Å². The normalized spacial score (nSPS) is 17.8. The summed E-state index contributed by atoms with van der Waals surface area (Å²) in [7, 11) is 1.83. The maximum Gasteiger partial charge on any atom is 0.270 e. The van der Waals surface area contributed by atoms with Crippen LogP contribution < -0.4 is 10.9 Å². The van der Waals surface area contributed by atoms with E-state index in [1.54, 1.807) is 4.90 Å². The van der Waals surface area contributed by atoms with Crippen LogP contribution in [-0.2, 0) is 11.2 Å². The Balaban J connectivity index is 1.69. The highest BCUT2D eigenvalue weighted by Gasteiger charge is 2.23. The van der Waals surface area contributed by atoms with E-state index in [4.69, 9.17) is 0 Å². The van der Waals surface area contributed by atoms with E-state index in [-0.39, 0.29) is 17.5 Å². The molecule has 1 fully saturated rings. The van der Waals surface area contributed by atoms with Crippen molar-refractivity contribution in [3.63, 3.8) is 0 Å². The Morgan fingerprint density at radius 2 is 2.23 bits per heavy atom. The number of likely N-dealkylation sites (N-methyl/N-ethyl adjacent to an activating group) is 1. The van der Waals surface area contributed by atoms with Gasteiger partial charge in [0.25, 0.3) is 5.56 Å². The second-order valence-corrected chi connectivity index (χ2v) is 5.68. The van der Waals surface area contributed by atoms with Gasteiger partial charge in [-0.2, -0.15) is 0 Å². The Hall–Kier alpha value is -2.21. The Morgan fingerprint density at radius 3 is 3.00 bits per heavy atom. The first-order valence-corrected chi connectivity index (χ1v) is 7.59. The van der Waals surface area contributed by atoms with Crippen molar-refractivity contribution in [3.05, 3.63) is 40.3 Å². The second kappa shape index (κ2) is 6.27. The molecule has 3 rings (SSSR count). The van der Waals surface area contributed by atoms with Gasteiger partial charge in [0.1, 0.15) is 5.69 Å². The van der Waals surface area contributed by atoms with Crippen LogP contribution in [0.4, 0.5) is 0 Å². The summed E-state index contributed by atoms with van der Waals surface area (Å²) in [5.74, 6) is 0.0584. The first-order chi connectivity index (χ1) is 10.6. The summed E-state index contributed by atoms with van der Waals surface area (Å²) < 4.78 is 0. The van der Waals surface area contributed by atoms with Gasteiger partial charge in [-0.05, 0) is 25.1 Å². The lowest BCUT2D eigenvalue weighted by molar-refractivity contribution is -0.131. The molecule has 1 saturated heterocycles. The molecular weight excluding hydrogens is 280 g/mol. The topological polar surface area (TPSA) is 78.1 Å². The number of fused-ring (bicyclic) bond motifs is 1. The van der Waals surface area contributed by atoms with E-state index in [0.29, 0.717) is 18.5 Å². The van der Waals surface area contributed by atoms with Gasteiger partial charge in [0.2, 0.25) is 5.91 Å². The molecule has 1 aromatic carbocycles. The number of rotatable bonds is 4. The summed E-state index contributed by atoms with van der Waals surface area (Å²) in [4.78, 5) is 33.2. The molecule has 2 heterocycles. The molecule has 1 atom stereocenters. The van der Waals surface area contributed by atoms with Crippen LogP contribution in [0.2, 0.25) is 0 Å². The molecule has 1 unspecified atom stereocenters. The van der Waals surface area contributed by atoms with E-state index in [1.807, 2.05) is 31.3 Å². The zero-order valence-electron chi connectivity index (χ0n) is 12.6. The predicted molar refractivity (Wildman–Crippen MR) is 84.7 cm³/mol. The third-order valence-electron chi connectivity index (χ3n) is 4.22. The molecule has 0 saturated carbocycles. The zero-order valence-corrected chi connectivity index (χ0v) is 12.6. The highest BCUT2D eigenvalue weighted by Crippen LogP contribution is 2.10. The standard InChI is InChI=1S/C16H20N4O2/c1-20(11-8-9-17-10-11)15(21)7-6-14-16(22)19-13-5-3-2-4-12(13)18-14/h2-5,11,17H,6-10H2,1H3,(H,19,22). The highest BCUT2D eigenvalue weighted by molar-refractivity contribution is 5.77. The van der Waals surface area contributed by atoms with Gasteiger partial charge in [-0.15, -0.1) is 0 Å². The number of aromatic nitrogens is 2. The third-order valence-corrected chi connectivity index (χ3v) is 4.22. The number of H-pyrrole nitrogens is 1. The van der Waals surface area contributed by atoms with Crippen LogP contribution in [0.25, 0.3) is 11.0 Å². The molecule has 1 aromatic heterocycles. The zero-order chi connectivity index (χ0) is 15.5. The summed E-state index contributed by atoms with van der Waals surface area (Å²) in [6, 6.07) is 7.67. The van der Waals surface area contributed by atoms with Crippen LogP contribution in [0, 0.1) is 0 Å². The first-order valence-electron chi connectivity index (χ1n) is 7.59. The number of hydrogen-bond acceptors (Lipinski definition) is 4. The van der Waals surface area contributed by atoms with Crippen LogP contribution in [0.1, 0.15) is 18.5 Å². The monoisotopic (exact) mass is 300 g/mol. The number of nitrogens with zero attached hydrogens (tertiary/aromatic N) is 2. The molecule has 2 N–H and O–H groups in total. The SMILES string of the molecule is CN(C(=O)CCc1nc2ccccc2[nH]c1=O)C1CCNC1. The number of carbonyl (C=O) groups excluding carboxylic acids is 1. The van der Waals surface area contributed by atoms with E-state index >= 15 is 0 Å². The van der Waals surface area contributed by atoms with Gasteiger partial charge in [0.15, 0.2) is 0 Å². The molecule has 6 heteroatoms. The van der Waals surface area contributed by atoms with Crippen molar-refractivity contribution < 1.29 is 4.79 Å². The van der Waals surface area contributed by atoms with Crippen molar-refractivity contribution in [1.29, 1.82) is 0 Å². The Kier molecular flexibility index (Phi) is 4.20. The summed E-state index contributed by atoms with van der Waals surface area (Å²) >= 11 is 0. The first kappa shape index (κ1) is 14.7. The molecule has 116 valence electrons. The molecule has 2 aromatic rings. The number of carbonyl (C=O) groups is 1. The van der Waals surface area contributed by atoms with Crippen molar-refractivity contribution in [2.24, 2.45) is 0 Å². The lowest BCUT2D eigenvalue weighted by Crippen LogP contribution is -2.38. The third kappa shape index (κ3) is 3.01. The van der Waals surface area contributed by atoms with Gasteiger partial charge in [-0.25, -0.2) is 4.98 Å². The van der Waals surface area contributed by atoms with Crippen LogP contribution in [0.5, 0.6) is 0 Å². The van der Waals surface area contributed by atoms with Gasteiger partial charge in [0.05, 0.1) is 11.0 Å². The Bertz CT molecular complexity index is 734. The van der Waals surface area contributed by atoms with E-state index < -0.39 is 0 Å². The smallest absolute Gasteiger partial charge is 0.270 e. The fourth-order valence-electron chi connectivity index (χ4n) is 2.81.